The van der Waals surface area contributed by atoms with E-state index in [9.17, 15) is 20.1 Å². The third kappa shape index (κ3) is 4.17. The molecular weight excluding hydrogens is 352 g/mol. The molecule has 0 aliphatic heterocycles. The summed E-state index contributed by atoms with van der Waals surface area (Å²) in [4.78, 5) is 24.7. The monoisotopic (exact) mass is 374 g/mol. The molecule has 0 aromatic rings. The van der Waals surface area contributed by atoms with Crippen LogP contribution in [0.5, 0.6) is 0 Å². The number of carbonyl (C=O) groups excluding carboxylic acids is 2. The number of thioether (sulfide) groups is 1. The molecule has 6 nitrogen and oxygen atoms in total. The molecule has 7 heteroatoms. The van der Waals surface area contributed by atoms with E-state index >= 15 is 0 Å². The van der Waals surface area contributed by atoms with Gasteiger partial charge in [0, 0.05) is 10.8 Å². The van der Waals surface area contributed by atoms with Gasteiger partial charge in [-0.1, -0.05) is 25.5 Å². The van der Waals surface area contributed by atoms with Crippen molar-refractivity contribution < 1.29 is 19.1 Å². The largest absolute Gasteiger partial charge is 0.465 e. The van der Waals surface area contributed by atoms with Gasteiger partial charge in [-0.2, -0.15) is 10.5 Å². The van der Waals surface area contributed by atoms with Crippen LogP contribution in [0, 0.1) is 34.0 Å². The van der Waals surface area contributed by atoms with Gasteiger partial charge in [-0.05, 0) is 30.6 Å². The highest BCUT2D eigenvalue weighted by atomic mass is 32.2. The van der Waals surface area contributed by atoms with E-state index in [1.807, 2.05) is 32.9 Å². The Morgan fingerprint density at radius 1 is 1.19 bits per heavy atom. The lowest BCUT2D eigenvalue weighted by atomic mass is 9.65. The van der Waals surface area contributed by atoms with Gasteiger partial charge in [0.05, 0.1) is 14.2 Å². The number of methoxy groups -OCH3 is 2. The fraction of sp³-hybridized carbons (Fsp3) is 0.474. The van der Waals surface area contributed by atoms with Crippen LogP contribution in [0.2, 0.25) is 0 Å². The molecular formula is C19H22N2O4S. The Morgan fingerprint density at radius 2 is 1.77 bits per heavy atom. The highest BCUT2D eigenvalue weighted by molar-refractivity contribution is 8.02. The van der Waals surface area contributed by atoms with Gasteiger partial charge in [0.25, 0.3) is 0 Å². The van der Waals surface area contributed by atoms with Crippen LogP contribution < -0.4 is 0 Å². The van der Waals surface area contributed by atoms with Gasteiger partial charge < -0.3 is 9.47 Å². The lowest BCUT2D eigenvalue weighted by Crippen LogP contribution is -2.32. The molecule has 1 rings (SSSR count). The van der Waals surface area contributed by atoms with Gasteiger partial charge in [-0.25, -0.2) is 9.59 Å². The summed E-state index contributed by atoms with van der Waals surface area (Å²) in [6, 6.07) is 3.83. The highest BCUT2D eigenvalue weighted by Gasteiger charge is 2.42. The number of nitriles is 2. The zero-order valence-electron chi connectivity index (χ0n) is 15.8. The van der Waals surface area contributed by atoms with Crippen molar-refractivity contribution >= 4 is 23.7 Å². The minimum atomic E-state index is -0.744. The van der Waals surface area contributed by atoms with Gasteiger partial charge in [0.15, 0.2) is 0 Å². The predicted molar refractivity (Wildman–Crippen MR) is 98.5 cm³/mol. The van der Waals surface area contributed by atoms with Gasteiger partial charge in [0.1, 0.15) is 23.3 Å². The summed E-state index contributed by atoms with van der Waals surface area (Å²) in [7, 11) is 2.42. The summed E-state index contributed by atoms with van der Waals surface area (Å²) >= 11 is 1.24. The smallest absolute Gasteiger partial charge is 0.349 e. The Hall–Kier alpha value is -2.51. The van der Waals surface area contributed by atoms with Crippen LogP contribution in [0.3, 0.4) is 0 Å². The first-order valence-corrected chi connectivity index (χ1v) is 9.07. The Bertz CT molecular complexity index is 791. The fourth-order valence-electron chi connectivity index (χ4n) is 3.35. The second kappa shape index (κ2) is 8.73. The first-order valence-electron chi connectivity index (χ1n) is 7.84. The van der Waals surface area contributed by atoms with Crippen molar-refractivity contribution in [2.24, 2.45) is 11.3 Å². The molecule has 26 heavy (non-hydrogen) atoms. The minimum Gasteiger partial charge on any atom is -0.465 e. The van der Waals surface area contributed by atoms with Crippen molar-refractivity contribution in [3.63, 3.8) is 0 Å². The Morgan fingerprint density at radius 3 is 2.19 bits per heavy atom. The number of nitrogens with zero attached hydrogens (tertiary/aromatic N) is 2. The molecule has 0 amide bonds. The van der Waals surface area contributed by atoms with E-state index < -0.39 is 23.3 Å². The van der Waals surface area contributed by atoms with Crippen molar-refractivity contribution in [1.82, 2.24) is 0 Å². The summed E-state index contributed by atoms with van der Waals surface area (Å²) in [5, 5.41) is 19.1. The molecule has 1 atom stereocenters. The zero-order chi connectivity index (χ0) is 20.1. The first kappa shape index (κ1) is 21.5. The maximum atomic E-state index is 12.1. The highest BCUT2D eigenvalue weighted by Crippen LogP contribution is 2.51. The van der Waals surface area contributed by atoms with Gasteiger partial charge in [-0.15, -0.1) is 11.8 Å². The van der Waals surface area contributed by atoms with Crippen molar-refractivity contribution in [3.05, 3.63) is 33.3 Å². The molecule has 0 spiro atoms. The summed E-state index contributed by atoms with van der Waals surface area (Å²) in [5.74, 6) is -1.98. The van der Waals surface area contributed by atoms with Gasteiger partial charge in [-0.3, -0.25) is 0 Å². The molecule has 0 saturated carbocycles. The van der Waals surface area contributed by atoms with Crippen molar-refractivity contribution in [3.8, 4) is 12.1 Å². The van der Waals surface area contributed by atoms with Crippen LogP contribution >= 0.6 is 11.8 Å². The molecule has 0 aromatic heterocycles. The maximum absolute atomic E-state index is 12.1. The van der Waals surface area contributed by atoms with E-state index in [0.29, 0.717) is 16.9 Å². The standard InChI is InChI=1S/C19H22N2O4S/c1-11-7-12(13(9-20)17(22)24-4)15(19(2,3)8-11)16(26-6)14(10-21)18(23)25-5/h7,15H,8H2,1-6H3/b13-12+,16-14-/t15-/m0/s1. The number of allylic oxidation sites excluding steroid dienone is 4. The molecule has 1 aliphatic carbocycles. The second-order valence-electron chi connectivity index (χ2n) is 6.57. The van der Waals surface area contributed by atoms with Crippen LogP contribution in [0.15, 0.2) is 33.3 Å². The number of hydrogen-bond donors (Lipinski definition) is 0. The molecule has 0 unspecified atom stereocenters. The van der Waals surface area contributed by atoms with Crippen LogP contribution in [0.1, 0.15) is 27.2 Å². The number of esters is 2. The van der Waals surface area contributed by atoms with E-state index in [2.05, 4.69) is 0 Å². The normalized spacial score (nSPS) is 21.4. The van der Waals surface area contributed by atoms with E-state index in [1.165, 1.54) is 26.0 Å². The lowest BCUT2D eigenvalue weighted by Gasteiger charge is -2.41. The SMILES string of the molecule is COC(=O)/C(C#N)=C(\SC)[C@@H]1/C(=C(\C#N)C(=O)OC)C=C(C)CC1(C)C. The Kier molecular flexibility index (Phi) is 7.23. The third-order valence-electron chi connectivity index (χ3n) is 4.25. The van der Waals surface area contributed by atoms with Crippen LogP contribution in [-0.4, -0.2) is 32.4 Å². The van der Waals surface area contributed by atoms with E-state index in [4.69, 9.17) is 9.47 Å². The number of ether oxygens (including phenoxy) is 2. The number of hydrogen-bond acceptors (Lipinski definition) is 7. The average molecular weight is 374 g/mol. The third-order valence-corrected chi connectivity index (χ3v) is 5.13. The molecule has 0 saturated heterocycles. The molecule has 138 valence electrons. The summed E-state index contributed by atoms with van der Waals surface area (Å²) < 4.78 is 9.49. The lowest BCUT2D eigenvalue weighted by molar-refractivity contribution is -0.136. The Labute approximate surface area is 158 Å². The summed E-state index contributed by atoms with van der Waals surface area (Å²) in [5.41, 5.74) is 0.770. The minimum absolute atomic E-state index is 0.120. The van der Waals surface area contributed by atoms with Crippen molar-refractivity contribution in [1.29, 1.82) is 10.5 Å². The molecule has 0 fully saturated rings. The van der Waals surface area contributed by atoms with E-state index in [1.54, 1.807) is 12.3 Å². The predicted octanol–water partition coefficient (Wildman–Crippen LogP) is 3.29. The van der Waals surface area contributed by atoms with Crippen molar-refractivity contribution in [2.45, 2.75) is 27.2 Å². The summed E-state index contributed by atoms with van der Waals surface area (Å²) in [6.07, 6.45) is 4.21. The maximum Gasteiger partial charge on any atom is 0.349 e. The van der Waals surface area contributed by atoms with E-state index in [0.717, 1.165) is 5.57 Å². The molecule has 0 N–H and O–H groups in total. The number of carbonyl (C=O) groups is 2. The molecule has 0 aromatic carbocycles. The second-order valence-corrected chi connectivity index (χ2v) is 7.42. The summed E-state index contributed by atoms with van der Waals surface area (Å²) in [6.45, 7) is 5.87. The van der Waals surface area contributed by atoms with Gasteiger partial charge in [0.2, 0.25) is 0 Å². The fourth-order valence-corrected chi connectivity index (χ4v) is 4.37. The molecule has 0 bridgehead atoms. The molecule has 0 radical (unpaired) electrons. The zero-order valence-corrected chi connectivity index (χ0v) is 16.6. The van der Waals surface area contributed by atoms with Crippen LogP contribution in [0.25, 0.3) is 0 Å². The molecule has 0 heterocycles. The van der Waals surface area contributed by atoms with E-state index in [-0.39, 0.29) is 11.1 Å². The van der Waals surface area contributed by atoms with Crippen LogP contribution in [0.4, 0.5) is 0 Å². The Balaban J connectivity index is 3.92. The number of rotatable bonds is 4. The van der Waals surface area contributed by atoms with Crippen molar-refractivity contribution in [2.75, 3.05) is 20.5 Å². The quantitative estimate of drug-likeness (QED) is 0.423. The van der Waals surface area contributed by atoms with Crippen LogP contribution in [-0.2, 0) is 19.1 Å². The average Bonchev–Trinajstić information content (AvgIpc) is 2.59. The molecule has 1 aliphatic rings. The topological polar surface area (TPSA) is 100 Å². The van der Waals surface area contributed by atoms with Gasteiger partial charge >= 0.3 is 11.9 Å². The first-order chi connectivity index (χ1) is 12.2.